The zero-order chi connectivity index (χ0) is 22.7. The second-order valence-electron chi connectivity index (χ2n) is 8.32. The number of benzene rings is 2. The zero-order valence-corrected chi connectivity index (χ0v) is 18.1. The Hall–Kier alpha value is -3.04. The van der Waals surface area contributed by atoms with Gasteiger partial charge in [-0.25, -0.2) is 4.79 Å². The van der Waals surface area contributed by atoms with Gasteiger partial charge in [0, 0.05) is 18.7 Å². The van der Waals surface area contributed by atoms with Gasteiger partial charge in [0.15, 0.2) is 6.23 Å². The summed E-state index contributed by atoms with van der Waals surface area (Å²) in [6.45, 7) is 1.63. The highest BCUT2D eigenvalue weighted by Gasteiger charge is 2.63. The van der Waals surface area contributed by atoms with Crippen molar-refractivity contribution in [3.63, 3.8) is 0 Å². The molecule has 8 heteroatoms. The smallest absolute Gasteiger partial charge is 0.330 e. The molecule has 2 fully saturated rings. The van der Waals surface area contributed by atoms with Crippen molar-refractivity contribution in [2.45, 2.75) is 43.7 Å². The van der Waals surface area contributed by atoms with Crippen molar-refractivity contribution in [3.8, 4) is 0 Å². The molecule has 2 aromatic carbocycles. The molecule has 1 aromatic heterocycles. The maximum Gasteiger partial charge on any atom is 0.330 e. The quantitative estimate of drug-likeness (QED) is 0.567. The van der Waals surface area contributed by atoms with E-state index in [9.17, 15) is 9.59 Å². The van der Waals surface area contributed by atoms with Gasteiger partial charge >= 0.3 is 5.69 Å². The first-order valence-corrected chi connectivity index (χ1v) is 11.0. The lowest BCUT2D eigenvalue weighted by atomic mass is 9.86. The van der Waals surface area contributed by atoms with E-state index in [1.807, 2.05) is 60.7 Å². The summed E-state index contributed by atoms with van der Waals surface area (Å²) in [5, 5.41) is 0. The molecule has 2 aliphatic heterocycles. The number of aromatic nitrogens is 2. The molecule has 0 aliphatic carbocycles. The molecule has 172 valence electrons. The third-order valence-electron chi connectivity index (χ3n) is 6.17. The molecule has 33 heavy (non-hydrogen) atoms. The molecule has 8 nitrogen and oxygen atoms in total. The number of aromatic amines is 1. The fourth-order valence-electron chi connectivity index (χ4n) is 4.48. The second kappa shape index (κ2) is 9.44. The van der Waals surface area contributed by atoms with Crippen LogP contribution >= 0.6 is 0 Å². The Kier molecular flexibility index (Phi) is 6.24. The zero-order valence-electron chi connectivity index (χ0n) is 18.1. The predicted octanol–water partition coefficient (Wildman–Crippen LogP) is 2.40. The maximum absolute atomic E-state index is 12.5. The van der Waals surface area contributed by atoms with Crippen LogP contribution in [0.2, 0.25) is 0 Å². The minimum absolute atomic E-state index is 0.272. The Balaban J connectivity index is 1.39. The molecule has 3 heterocycles. The molecule has 0 bridgehead atoms. The van der Waals surface area contributed by atoms with E-state index in [0.29, 0.717) is 26.2 Å². The average molecular weight is 450 g/mol. The van der Waals surface area contributed by atoms with Gasteiger partial charge in [0.1, 0.15) is 17.8 Å². The topological polar surface area (TPSA) is 91.8 Å². The third kappa shape index (κ3) is 4.43. The van der Waals surface area contributed by atoms with Crippen LogP contribution in [0.3, 0.4) is 0 Å². The Labute approximate surface area is 190 Å². The van der Waals surface area contributed by atoms with E-state index >= 15 is 0 Å². The molecule has 1 N–H and O–H groups in total. The van der Waals surface area contributed by atoms with Crippen molar-refractivity contribution in [2.24, 2.45) is 0 Å². The van der Waals surface area contributed by atoms with Crippen LogP contribution in [0.4, 0.5) is 0 Å². The van der Waals surface area contributed by atoms with Gasteiger partial charge in [-0.2, -0.15) is 0 Å². The number of nitrogens with one attached hydrogen (secondary N) is 1. The molecule has 2 aliphatic rings. The van der Waals surface area contributed by atoms with Crippen LogP contribution in [0, 0.1) is 0 Å². The minimum atomic E-state index is -0.836. The standard InChI is InChI=1S/C25H26N2O6/c28-21-11-13-27(24(29)26-21)23-25(12-14-32-25)22(31-16-19-9-5-2-6-10-19)20(33-23)17-30-15-18-7-3-1-4-8-18/h1-11,13,20,22-23H,12,14-17H2,(H,26,28,29)/t20-,22-,23?,25-/m1/s1. The molecule has 0 saturated carbocycles. The fraction of sp³-hybridized carbons (Fsp3) is 0.360. The highest BCUT2D eigenvalue weighted by Crippen LogP contribution is 2.49. The summed E-state index contributed by atoms with van der Waals surface area (Å²) in [5.41, 5.74) is 0.241. The Morgan fingerprint density at radius 3 is 2.24 bits per heavy atom. The predicted molar refractivity (Wildman–Crippen MR) is 120 cm³/mol. The van der Waals surface area contributed by atoms with E-state index in [1.165, 1.54) is 16.8 Å². The van der Waals surface area contributed by atoms with E-state index in [0.717, 1.165) is 11.1 Å². The molecular formula is C25H26N2O6. The molecule has 5 rings (SSSR count). The van der Waals surface area contributed by atoms with Crippen molar-refractivity contribution in [3.05, 3.63) is 105 Å². The van der Waals surface area contributed by atoms with Gasteiger partial charge in [-0.15, -0.1) is 0 Å². The van der Waals surface area contributed by atoms with E-state index in [4.69, 9.17) is 18.9 Å². The number of hydrogen-bond acceptors (Lipinski definition) is 6. The Morgan fingerprint density at radius 1 is 0.970 bits per heavy atom. The molecule has 0 radical (unpaired) electrons. The lowest BCUT2D eigenvalue weighted by molar-refractivity contribution is -0.237. The van der Waals surface area contributed by atoms with Crippen LogP contribution in [-0.4, -0.2) is 40.6 Å². The fourth-order valence-corrected chi connectivity index (χ4v) is 4.48. The molecular weight excluding hydrogens is 424 g/mol. The lowest BCUT2D eigenvalue weighted by Gasteiger charge is -2.45. The van der Waals surface area contributed by atoms with Gasteiger partial charge in [-0.3, -0.25) is 14.3 Å². The number of rotatable bonds is 8. The first-order chi connectivity index (χ1) is 16.2. The largest absolute Gasteiger partial charge is 0.374 e. The van der Waals surface area contributed by atoms with Gasteiger partial charge in [0.25, 0.3) is 5.56 Å². The van der Waals surface area contributed by atoms with E-state index in [2.05, 4.69) is 4.98 Å². The van der Waals surface area contributed by atoms with E-state index in [-0.39, 0.29) is 6.61 Å². The van der Waals surface area contributed by atoms with Crippen LogP contribution in [0.15, 0.2) is 82.5 Å². The van der Waals surface area contributed by atoms with Gasteiger partial charge in [0.05, 0.1) is 26.4 Å². The first-order valence-electron chi connectivity index (χ1n) is 11.0. The minimum Gasteiger partial charge on any atom is -0.374 e. The highest BCUT2D eigenvalue weighted by molar-refractivity contribution is 5.15. The average Bonchev–Trinajstić information content (AvgIpc) is 3.13. The van der Waals surface area contributed by atoms with Crippen LogP contribution in [0.25, 0.3) is 0 Å². The SMILES string of the molecule is O=c1ccn(C2O[C@H](COCc3ccccc3)[C@@H](OCc3ccccc3)[C@]23CCO3)c(=O)[nH]1. The van der Waals surface area contributed by atoms with Crippen molar-refractivity contribution in [2.75, 3.05) is 13.2 Å². The number of ether oxygens (including phenoxy) is 4. The summed E-state index contributed by atoms with van der Waals surface area (Å²) >= 11 is 0. The van der Waals surface area contributed by atoms with Gasteiger partial charge < -0.3 is 18.9 Å². The molecule has 4 atom stereocenters. The third-order valence-corrected chi connectivity index (χ3v) is 6.17. The van der Waals surface area contributed by atoms with Crippen LogP contribution in [0.1, 0.15) is 23.8 Å². The van der Waals surface area contributed by atoms with Crippen molar-refractivity contribution in [1.82, 2.24) is 9.55 Å². The second-order valence-corrected chi connectivity index (χ2v) is 8.32. The Bertz CT molecular complexity index is 1170. The monoisotopic (exact) mass is 450 g/mol. The van der Waals surface area contributed by atoms with E-state index < -0.39 is 35.3 Å². The van der Waals surface area contributed by atoms with E-state index in [1.54, 1.807) is 0 Å². The molecule has 1 spiro atoms. The number of H-pyrrole nitrogens is 1. The number of hydrogen-bond donors (Lipinski definition) is 1. The summed E-state index contributed by atoms with van der Waals surface area (Å²) in [6.07, 6.45) is 0.462. The summed E-state index contributed by atoms with van der Waals surface area (Å²) in [5.74, 6) is 0. The number of nitrogens with zero attached hydrogens (tertiary/aromatic N) is 1. The molecule has 1 unspecified atom stereocenters. The summed E-state index contributed by atoms with van der Waals surface area (Å²) in [7, 11) is 0. The molecule has 3 aromatic rings. The molecule has 2 saturated heterocycles. The van der Waals surface area contributed by atoms with Crippen molar-refractivity contribution in [1.29, 1.82) is 0 Å². The van der Waals surface area contributed by atoms with Gasteiger partial charge in [0.2, 0.25) is 0 Å². The van der Waals surface area contributed by atoms with Crippen molar-refractivity contribution >= 4 is 0 Å². The highest BCUT2D eigenvalue weighted by atomic mass is 16.6. The van der Waals surface area contributed by atoms with Crippen molar-refractivity contribution < 1.29 is 18.9 Å². The van der Waals surface area contributed by atoms with Crippen LogP contribution < -0.4 is 11.2 Å². The summed E-state index contributed by atoms with van der Waals surface area (Å²) in [4.78, 5) is 26.4. The van der Waals surface area contributed by atoms with Gasteiger partial charge in [-0.05, 0) is 11.1 Å². The van der Waals surface area contributed by atoms with Crippen LogP contribution in [0.5, 0.6) is 0 Å². The Morgan fingerprint density at radius 2 is 1.64 bits per heavy atom. The summed E-state index contributed by atoms with van der Waals surface area (Å²) in [6, 6.07) is 21.1. The van der Waals surface area contributed by atoms with Gasteiger partial charge in [-0.1, -0.05) is 60.7 Å². The maximum atomic E-state index is 12.5. The first kappa shape index (κ1) is 21.8. The summed E-state index contributed by atoms with van der Waals surface area (Å²) < 4.78 is 26.1. The normalized spacial score (nSPS) is 26.4. The molecule has 0 amide bonds. The lowest BCUT2D eigenvalue weighted by Crippen LogP contribution is -2.58. The van der Waals surface area contributed by atoms with Crippen LogP contribution in [-0.2, 0) is 32.2 Å².